The molecule has 1 aliphatic rings. The van der Waals surface area contributed by atoms with Crippen LogP contribution in [0.25, 0.3) is 0 Å². The van der Waals surface area contributed by atoms with E-state index in [0.717, 1.165) is 22.2 Å². The second-order valence-corrected chi connectivity index (χ2v) is 5.71. The van der Waals surface area contributed by atoms with Crippen LogP contribution in [-0.2, 0) is 11.2 Å². The van der Waals surface area contributed by atoms with Crippen molar-refractivity contribution in [3.8, 4) is 0 Å². The van der Waals surface area contributed by atoms with Crippen molar-refractivity contribution >= 4 is 33.0 Å². The summed E-state index contributed by atoms with van der Waals surface area (Å²) in [6.07, 6.45) is 2.76. The van der Waals surface area contributed by atoms with Crippen molar-refractivity contribution in [2.75, 3.05) is 0 Å². The van der Waals surface area contributed by atoms with Crippen molar-refractivity contribution in [2.45, 2.75) is 26.2 Å². The van der Waals surface area contributed by atoms with Crippen molar-refractivity contribution in [2.24, 2.45) is 5.41 Å². The van der Waals surface area contributed by atoms with Gasteiger partial charge in [-0.05, 0) is 40.2 Å². The van der Waals surface area contributed by atoms with Crippen LogP contribution in [0.2, 0.25) is 0 Å². The van der Waals surface area contributed by atoms with E-state index in [1.54, 1.807) is 11.3 Å². The smallest absolute Gasteiger partial charge is 0.143 e. The molecule has 1 fully saturated rings. The van der Waals surface area contributed by atoms with Gasteiger partial charge in [-0.1, -0.05) is 6.92 Å². The summed E-state index contributed by atoms with van der Waals surface area (Å²) in [6.45, 7) is 2.07. The Morgan fingerprint density at radius 3 is 2.85 bits per heavy atom. The Morgan fingerprint density at radius 2 is 2.38 bits per heavy atom. The summed E-state index contributed by atoms with van der Waals surface area (Å²) >= 11 is 5.09. The highest BCUT2D eigenvalue weighted by Gasteiger charge is 2.44. The normalized spacial score (nSPS) is 18.6. The second kappa shape index (κ2) is 3.21. The lowest BCUT2D eigenvalue weighted by atomic mass is 10.0. The number of halogens is 1. The Hall–Kier alpha value is -0.150. The van der Waals surface area contributed by atoms with Gasteiger partial charge in [-0.3, -0.25) is 4.79 Å². The van der Waals surface area contributed by atoms with E-state index in [9.17, 15) is 4.79 Å². The molecule has 1 nitrogen and oxygen atoms in total. The van der Waals surface area contributed by atoms with Crippen LogP contribution >= 0.6 is 27.3 Å². The minimum absolute atomic E-state index is 0.0173. The maximum atomic E-state index is 11.7. The quantitative estimate of drug-likeness (QED) is 0.812. The van der Waals surface area contributed by atoms with Crippen LogP contribution in [0, 0.1) is 5.41 Å². The van der Waals surface area contributed by atoms with Crippen LogP contribution < -0.4 is 0 Å². The maximum absolute atomic E-state index is 11.7. The first-order valence-corrected chi connectivity index (χ1v) is 6.04. The molecule has 0 aliphatic heterocycles. The van der Waals surface area contributed by atoms with Gasteiger partial charge in [0.15, 0.2) is 0 Å². The Bertz CT molecular complexity index is 338. The lowest BCUT2D eigenvalue weighted by Crippen LogP contribution is -2.13. The van der Waals surface area contributed by atoms with E-state index >= 15 is 0 Å². The first-order chi connectivity index (χ1) is 6.12. The molecule has 1 saturated carbocycles. The Morgan fingerprint density at radius 1 is 1.69 bits per heavy atom. The predicted molar refractivity (Wildman–Crippen MR) is 58.1 cm³/mol. The molecular formula is C10H11BrOS. The highest BCUT2D eigenvalue weighted by atomic mass is 79.9. The van der Waals surface area contributed by atoms with E-state index in [-0.39, 0.29) is 5.41 Å². The maximum Gasteiger partial charge on any atom is 0.143 e. The predicted octanol–water partition coefficient (Wildman–Crippen LogP) is 3.42. The van der Waals surface area contributed by atoms with Crippen LogP contribution in [0.4, 0.5) is 0 Å². The number of hydrogen-bond donors (Lipinski definition) is 0. The molecule has 2 rings (SSSR count). The van der Waals surface area contributed by atoms with Crippen LogP contribution in [-0.4, -0.2) is 5.78 Å². The van der Waals surface area contributed by atoms with Crippen molar-refractivity contribution in [3.05, 3.63) is 20.8 Å². The fourth-order valence-electron chi connectivity index (χ4n) is 1.28. The minimum Gasteiger partial charge on any atom is -0.299 e. The van der Waals surface area contributed by atoms with E-state index < -0.39 is 0 Å². The number of carbonyl (C=O) groups excluding carboxylic acids is 1. The first kappa shape index (κ1) is 9.41. The van der Waals surface area contributed by atoms with E-state index in [1.807, 2.05) is 11.4 Å². The molecule has 1 aromatic rings. The molecule has 0 saturated heterocycles. The van der Waals surface area contributed by atoms with Crippen molar-refractivity contribution in [3.63, 3.8) is 0 Å². The van der Waals surface area contributed by atoms with E-state index in [0.29, 0.717) is 12.2 Å². The fourth-order valence-corrected chi connectivity index (χ4v) is 2.77. The Kier molecular flexibility index (Phi) is 2.32. The summed E-state index contributed by atoms with van der Waals surface area (Å²) in [5.41, 5.74) is 0.0173. The molecule has 13 heavy (non-hydrogen) atoms. The third-order valence-corrected chi connectivity index (χ3v) is 4.61. The summed E-state index contributed by atoms with van der Waals surface area (Å²) in [5, 5.41) is 2.02. The number of hydrogen-bond acceptors (Lipinski definition) is 2. The monoisotopic (exact) mass is 258 g/mol. The average molecular weight is 259 g/mol. The lowest BCUT2D eigenvalue weighted by Gasteiger charge is -2.05. The molecule has 1 aliphatic carbocycles. The molecule has 0 atom stereocenters. The topological polar surface area (TPSA) is 17.1 Å². The summed E-state index contributed by atoms with van der Waals surface area (Å²) < 4.78 is 1.08. The summed E-state index contributed by atoms with van der Waals surface area (Å²) in [5.74, 6) is 0.399. The first-order valence-electron chi connectivity index (χ1n) is 4.37. The third-order valence-electron chi connectivity index (χ3n) is 2.69. The summed E-state index contributed by atoms with van der Waals surface area (Å²) in [7, 11) is 0. The molecule has 70 valence electrons. The van der Waals surface area contributed by atoms with Gasteiger partial charge >= 0.3 is 0 Å². The summed E-state index contributed by atoms with van der Waals surface area (Å²) in [6, 6.07) is 2.00. The largest absolute Gasteiger partial charge is 0.299 e. The average Bonchev–Trinajstić information content (AvgIpc) is 2.72. The molecule has 1 aromatic heterocycles. The minimum atomic E-state index is 0.0173. The number of carbonyl (C=O) groups is 1. The van der Waals surface area contributed by atoms with E-state index in [2.05, 4.69) is 22.9 Å². The fraction of sp³-hybridized carbons (Fsp3) is 0.500. The number of thiophene rings is 1. The second-order valence-electron chi connectivity index (χ2n) is 3.85. The van der Waals surface area contributed by atoms with Gasteiger partial charge < -0.3 is 0 Å². The van der Waals surface area contributed by atoms with Crippen molar-refractivity contribution < 1.29 is 4.79 Å². The van der Waals surface area contributed by atoms with Crippen LogP contribution in [0.5, 0.6) is 0 Å². The molecule has 3 heteroatoms. The van der Waals surface area contributed by atoms with E-state index in [4.69, 9.17) is 0 Å². The molecule has 1 heterocycles. The Balaban J connectivity index is 2.06. The van der Waals surface area contributed by atoms with Gasteiger partial charge in [0.1, 0.15) is 5.78 Å². The zero-order valence-electron chi connectivity index (χ0n) is 7.47. The van der Waals surface area contributed by atoms with Gasteiger partial charge in [0, 0.05) is 21.2 Å². The van der Waals surface area contributed by atoms with E-state index in [1.165, 1.54) is 0 Å². The standard InChI is InChI=1S/C10H11BrOS/c1-10(3-4-10)9(12)6-8-7(11)2-5-13-8/h2,5H,3-4,6H2,1H3. The van der Waals surface area contributed by atoms with Crippen LogP contribution in [0.15, 0.2) is 15.9 Å². The van der Waals surface area contributed by atoms with Crippen LogP contribution in [0.3, 0.4) is 0 Å². The summed E-state index contributed by atoms with van der Waals surface area (Å²) in [4.78, 5) is 12.9. The molecule has 0 spiro atoms. The number of ketones is 1. The molecule has 0 radical (unpaired) electrons. The van der Waals surface area contributed by atoms with Crippen LogP contribution in [0.1, 0.15) is 24.6 Å². The van der Waals surface area contributed by atoms with Gasteiger partial charge in [-0.15, -0.1) is 11.3 Å². The SMILES string of the molecule is CC1(C(=O)Cc2sccc2Br)CC1. The van der Waals surface area contributed by atoms with Crippen molar-refractivity contribution in [1.82, 2.24) is 0 Å². The third kappa shape index (κ3) is 1.86. The molecular weight excluding hydrogens is 248 g/mol. The van der Waals surface area contributed by atoms with Gasteiger partial charge in [-0.2, -0.15) is 0 Å². The molecule has 0 amide bonds. The number of Topliss-reactive ketones (excluding diaryl/α,β-unsaturated/α-hetero) is 1. The molecule has 0 N–H and O–H groups in total. The molecule has 0 unspecified atom stereocenters. The highest BCUT2D eigenvalue weighted by molar-refractivity contribution is 9.10. The lowest BCUT2D eigenvalue weighted by molar-refractivity contribution is -0.122. The van der Waals surface area contributed by atoms with Gasteiger partial charge in [0.2, 0.25) is 0 Å². The Labute approximate surface area is 90.3 Å². The number of rotatable bonds is 3. The zero-order chi connectivity index (χ0) is 9.47. The van der Waals surface area contributed by atoms with Gasteiger partial charge in [0.25, 0.3) is 0 Å². The van der Waals surface area contributed by atoms with Gasteiger partial charge in [-0.25, -0.2) is 0 Å². The molecule has 0 bridgehead atoms. The molecule has 0 aromatic carbocycles. The highest BCUT2D eigenvalue weighted by Crippen LogP contribution is 2.46. The van der Waals surface area contributed by atoms with Gasteiger partial charge in [0.05, 0.1) is 0 Å². The zero-order valence-corrected chi connectivity index (χ0v) is 9.87. The van der Waals surface area contributed by atoms with Crippen molar-refractivity contribution in [1.29, 1.82) is 0 Å².